The van der Waals surface area contributed by atoms with Gasteiger partial charge in [-0.1, -0.05) is 0 Å². The first kappa shape index (κ1) is 14.9. The van der Waals surface area contributed by atoms with Crippen LogP contribution in [0.4, 0.5) is 11.6 Å². The van der Waals surface area contributed by atoms with Gasteiger partial charge in [-0.3, -0.25) is 0 Å². The Morgan fingerprint density at radius 3 is 2.75 bits per heavy atom. The summed E-state index contributed by atoms with van der Waals surface area (Å²) in [6, 6.07) is 4.55. The molecule has 3 aromatic heterocycles. The van der Waals surface area contributed by atoms with Gasteiger partial charge in [0.05, 0.1) is 6.20 Å². The Labute approximate surface area is 141 Å². The minimum absolute atomic E-state index is 0.486. The van der Waals surface area contributed by atoms with Crippen molar-refractivity contribution in [3.05, 3.63) is 42.7 Å². The molecule has 0 amide bonds. The molecule has 24 heavy (non-hydrogen) atoms. The Morgan fingerprint density at radius 2 is 1.96 bits per heavy atom. The molecule has 3 aromatic rings. The van der Waals surface area contributed by atoms with E-state index < -0.39 is 0 Å². The molecule has 0 spiro atoms. The lowest BCUT2D eigenvalue weighted by Gasteiger charge is -2.37. The van der Waals surface area contributed by atoms with E-state index in [0.717, 1.165) is 48.8 Å². The maximum absolute atomic E-state index is 4.57. The summed E-state index contributed by atoms with van der Waals surface area (Å²) < 4.78 is 1.88. The summed E-state index contributed by atoms with van der Waals surface area (Å²) in [5.41, 5.74) is 2.07. The zero-order valence-corrected chi connectivity index (χ0v) is 14.0. The molecule has 4 rings (SSSR count). The predicted octanol–water partition coefficient (Wildman–Crippen LogP) is 1.93. The molecule has 1 saturated heterocycles. The highest BCUT2D eigenvalue weighted by atomic mass is 15.3. The number of hydrogen-bond donors (Lipinski definition) is 0. The fourth-order valence-electron chi connectivity index (χ4n) is 3.37. The Kier molecular flexibility index (Phi) is 3.76. The zero-order chi connectivity index (χ0) is 16.5. The van der Waals surface area contributed by atoms with E-state index in [1.165, 1.54) is 0 Å². The van der Waals surface area contributed by atoms with Gasteiger partial charge in [0, 0.05) is 50.3 Å². The van der Waals surface area contributed by atoms with Crippen LogP contribution >= 0.6 is 0 Å². The van der Waals surface area contributed by atoms with E-state index in [0.29, 0.717) is 6.04 Å². The van der Waals surface area contributed by atoms with Gasteiger partial charge in [0.1, 0.15) is 17.7 Å². The van der Waals surface area contributed by atoms with Crippen LogP contribution in [0.1, 0.15) is 18.5 Å². The van der Waals surface area contributed by atoms with Crippen LogP contribution in [0.2, 0.25) is 0 Å². The molecule has 0 atom stereocenters. The second kappa shape index (κ2) is 6.07. The average molecular weight is 323 g/mol. The van der Waals surface area contributed by atoms with Crippen molar-refractivity contribution in [1.82, 2.24) is 24.6 Å². The molecule has 0 N–H and O–H groups in total. The molecule has 0 bridgehead atoms. The van der Waals surface area contributed by atoms with Crippen molar-refractivity contribution in [3.8, 4) is 0 Å². The molecule has 1 aliphatic heterocycles. The van der Waals surface area contributed by atoms with Gasteiger partial charge in [-0.25, -0.2) is 19.5 Å². The first-order valence-corrected chi connectivity index (χ1v) is 8.27. The number of fused-ring (bicyclic) bond motifs is 1. The minimum Gasteiger partial charge on any atom is -0.356 e. The quantitative estimate of drug-likeness (QED) is 0.734. The largest absolute Gasteiger partial charge is 0.356 e. The summed E-state index contributed by atoms with van der Waals surface area (Å²) in [4.78, 5) is 17.8. The van der Waals surface area contributed by atoms with Gasteiger partial charge < -0.3 is 9.80 Å². The van der Waals surface area contributed by atoms with Gasteiger partial charge in [0.25, 0.3) is 0 Å². The van der Waals surface area contributed by atoms with E-state index in [2.05, 4.69) is 36.9 Å². The van der Waals surface area contributed by atoms with Crippen molar-refractivity contribution in [2.75, 3.05) is 29.9 Å². The molecular weight excluding hydrogens is 302 g/mol. The van der Waals surface area contributed by atoms with Crippen LogP contribution in [0.25, 0.3) is 5.52 Å². The number of hydrogen-bond acceptors (Lipinski definition) is 6. The van der Waals surface area contributed by atoms with Gasteiger partial charge in [-0.2, -0.15) is 5.10 Å². The van der Waals surface area contributed by atoms with Crippen LogP contribution in [0.15, 0.2) is 37.1 Å². The van der Waals surface area contributed by atoms with Gasteiger partial charge in [-0.05, 0) is 25.8 Å². The molecule has 1 fully saturated rings. The van der Waals surface area contributed by atoms with Crippen molar-refractivity contribution in [2.45, 2.75) is 25.8 Å². The predicted molar refractivity (Wildman–Crippen MR) is 93.4 cm³/mol. The topological polar surface area (TPSA) is 62.5 Å². The Morgan fingerprint density at radius 1 is 1.12 bits per heavy atom. The first-order chi connectivity index (χ1) is 11.7. The van der Waals surface area contributed by atoms with Crippen molar-refractivity contribution in [3.63, 3.8) is 0 Å². The molecule has 124 valence electrons. The second-order valence-electron chi connectivity index (χ2n) is 6.26. The van der Waals surface area contributed by atoms with Crippen molar-refractivity contribution >= 4 is 17.2 Å². The van der Waals surface area contributed by atoms with Gasteiger partial charge >= 0.3 is 0 Å². The molecule has 7 nitrogen and oxygen atoms in total. The van der Waals surface area contributed by atoms with Crippen molar-refractivity contribution in [2.24, 2.45) is 0 Å². The molecule has 0 radical (unpaired) electrons. The zero-order valence-electron chi connectivity index (χ0n) is 14.0. The summed E-state index contributed by atoms with van der Waals surface area (Å²) in [6.45, 7) is 3.97. The van der Waals surface area contributed by atoms with Crippen LogP contribution < -0.4 is 9.80 Å². The van der Waals surface area contributed by atoms with Gasteiger partial charge in [0.15, 0.2) is 5.82 Å². The summed E-state index contributed by atoms with van der Waals surface area (Å²) in [6.07, 6.45) is 9.32. The van der Waals surface area contributed by atoms with Crippen LogP contribution in [-0.2, 0) is 0 Å². The number of piperidine rings is 1. The van der Waals surface area contributed by atoms with Gasteiger partial charge in [-0.15, -0.1) is 0 Å². The molecule has 0 unspecified atom stereocenters. The molecule has 0 saturated carbocycles. The van der Waals surface area contributed by atoms with Gasteiger partial charge in [0.2, 0.25) is 0 Å². The highest BCUT2D eigenvalue weighted by molar-refractivity contribution is 5.68. The number of aryl methyl sites for hydroxylation is 1. The van der Waals surface area contributed by atoms with Crippen LogP contribution in [0, 0.1) is 6.92 Å². The molecule has 1 aliphatic rings. The second-order valence-corrected chi connectivity index (χ2v) is 6.26. The van der Waals surface area contributed by atoms with E-state index in [-0.39, 0.29) is 0 Å². The van der Waals surface area contributed by atoms with E-state index in [1.807, 2.05) is 42.2 Å². The minimum atomic E-state index is 0.486. The van der Waals surface area contributed by atoms with Crippen molar-refractivity contribution in [1.29, 1.82) is 0 Å². The number of aromatic nitrogens is 5. The molecule has 7 heteroatoms. The van der Waals surface area contributed by atoms with E-state index in [1.54, 1.807) is 6.33 Å². The van der Waals surface area contributed by atoms with Crippen LogP contribution in [-0.4, -0.2) is 50.7 Å². The van der Waals surface area contributed by atoms with Crippen LogP contribution in [0.5, 0.6) is 0 Å². The maximum Gasteiger partial charge on any atom is 0.154 e. The number of anilines is 2. The highest BCUT2D eigenvalue weighted by Gasteiger charge is 2.25. The standard InChI is InChI=1S/C17H21N7/c1-13-11-16(20-12-19-13)22(2)14-4-8-23(9-5-14)17-15-3-6-21-24(15)10-7-18-17/h3,6-7,10-12,14H,4-5,8-9H2,1-2H3. The number of nitrogens with zero attached hydrogens (tertiary/aromatic N) is 7. The van der Waals surface area contributed by atoms with E-state index in [9.17, 15) is 0 Å². The third-order valence-electron chi connectivity index (χ3n) is 4.77. The SMILES string of the molecule is Cc1cc(N(C)C2CCN(c3nccn4nccc34)CC2)ncn1. The Balaban J connectivity index is 1.48. The summed E-state index contributed by atoms with van der Waals surface area (Å²) in [7, 11) is 2.12. The fourth-order valence-corrected chi connectivity index (χ4v) is 3.37. The molecule has 0 aromatic carbocycles. The monoisotopic (exact) mass is 323 g/mol. The first-order valence-electron chi connectivity index (χ1n) is 8.27. The Bertz CT molecular complexity index is 836. The highest BCUT2D eigenvalue weighted by Crippen LogP contribution is 2.25. The van der Waals surface area contributed by atoms with Crippen molar-refractivity contribution < 1.29 is 0 Å². The summed E-state index contributed by atoms with van der Waals surface area (Å²) >= 11 is 0. The third kappa shape index (κ3) is 2.66. The van der Waals surface area contributed by atoms with E-state index in [4.69, 9.17) is 0 Å². The molecular formula is C17H21N7. The lowest BCUT2D eigenvalue weighted by atomic mass is 10.0. The summed E-state index contributed by atoms with van der Waals surface area (Å²) in [5, 5.41) is 4.29. The molecule has 0 aliphatic carbocycles. The Hall–Kier alpha value is -2.70. The molecule has 4 heterocycles. The smallest absolute Gasteiger partial charge is 0.154 e. The summed E-state index contributed by atoms with van der Waals surface area (Å²) in [5.74, 6) is 2.02. The fraction of sp³-hybridized carbons (Fsp3) is 0.412. The number of rotatable bonds is 3. The maximum atomic E-state index is 4.57. The van der Waals surface area contributed by atoms with E-state index >= 15 is 0 Å². The lowest BCUT2D eigenvalue weighted by molar-refractivity contribution is 0.478. The normalized spacial score (nSPS) is 15.8. The van der Waals surface area contributed by atoms with Crippen LogP contribution in [0.3, 0.4) is 0 Å². The lowest BCUT2D eigenvalue weighted by Crippen LogP contribution is -2.44. The third-order valence-corrected chi connectivity index (χ3v) is 4.77. The average Bonchev–Trinajstić information content (AvgIpc) is 3.10.